The number of carbonyl (C=O) groups excluding carboxylic acids is 1. The van der Waals surface area contributed by atoms with Gasteiger partial charge < -0.3 is 26.0 Å². The van der Waals surface area contributed by atoms with Crippen LogP contribution in [-0.4, -0.2) is 60.2 Å². The molecule has 0 aromatic heterocycles. The molecule has 2 aliphatic heterocycles. The molecule has 4 fully saturated rings. The molecule has 1 amide bonds. The monoisotopic (exact) mass is 405 g/mol. The highest BCUT2D eigenvalue weighted by molar-refractivity contribution is 6.43. The molecule has 2 heterocycles. The van der Waals surface area contributed by atoms with Crippen LogP contribution in [0.4, 0.5) is 0 Å². The number of carbonyl (C=O) groups is 1. The highest BCUT2D eigenvalue weighted by Crippen LogP contribution is 2.45. The van der Waals surface area contributed by atoms with E-state index in [1.807, 2.05) is 0 Å². The van der Waals surface area contributed by atoms with Gasteiger partial charge in [0.05, 0.1) is 6.04 Å². The molecule has 29 heavy (non-hydrogen) atoms. The summed E-state index contributed by atoms with van der Waals surface area (Å²) >= 11 is 0. The van der Waals surface area contributed by atoms with E-state index in [-0.39, 0.29) is 23.7 Å². The van der Waals surface area contributed by atoms with E-state index in [9.17, 15) is 14.8 Å². The molecule has 4 aliphatic rings. The van der Waals surface area contributed by atoms with Crippen molar-refractivity contribution in [2.45, 2.75) is 76.1 Å². The molecular weight excluding hydrogens is 365 g/mol. The summed E-state index contributed by atoms with van der Waals surface area (Å²) in [6.07, 6.45) is 11.5. The van der Waals surface area contributed by atoms with Crippen molar-refractivity contribution in [2.24, 2.45) is 35.3 Å². The van der Waals surface area contributed by atoms with Crippen molar-refractivity contribution >= 4 is 13.0 Å². The van der Waals surface area contributed by atoms with Crippen LogP contribution in [0.15, 0.2) is 0 Å². The summed E-state index contributed by atoms with van der Waals surface area (Å²) in [4.78, 5) is 15.5. The maximum absolute atomic E-state index is 13.4. The van der Waals surface area contributed by atoms with Crippen LogP contribution in [0.2, 0.25) is 5.82 Å². The highest BCUT2D eigenvalue weighted by atomic mass is 16.4. The minimum Gasteiger partial charge on any atom is -0.427 e. The maximum Gasteiger partial charge on any atom is 0.455 e. The lowest BCUT2D eigenvalue weighted by Crippen LogP contribution is -2.59. The molecule has 0 radical (unpaired) electrons. The number of likely N-dealkylation sites (tertiary alicyclic amines) is 1. The Kier molecular flexibility index (Phi) is 7.20. The number of nitrogens with two attached hydrogens (primary N) is 1. The largest absolute Gasteiger partial charge is 0.455 e. The number of amides is 1. The minimum atomic E-state index is -1.31. The van der Waals surface area contributed by atoms with Crippen LogP contribution >= 0.6 is 0 Å². The fourth-order valence-electron chi connectivity index (χ4n) is 7.13. The van der Waals surface area contributed by atoms with Gasteiger partial charge in [0.1, 0.15) is 0 Å². The fourth-order valence-corrected chi connectivity index (χ4v) is 7.13. The van der Waals surface area contributed by atoms with Crippen molar-refractivity contribution in [1.82, 2.24) is 10.2 Å². The lowest BCUT2D eigenvalue weighted by molar-refractivity contribution is -0.138. The first-order chi connectivity index (χ1) is 14.1. The number of nitrogens with one attached hydrogen (secondary N) is 1. The van der Waals surface area contributed by atoms with Gasteiger partial charge >= 0.3 is 7.12 Å². The summed E-state index contributed by atoms with van der Waals surface area (Å²) in [7, 11) is -1.31. The number of hydrogen-bond acceptors (Lipinski definition) is 5. The number of fused-ring (bicyclic) bond motifs is 1. The molecule has 7 heteroatoms. The second-order valence-electron chi connectivity index (χ2n) is 10.3. The molecule has 0 aromatic rings. The van der Waals surface area contributed by atoms with Gasteiger partial charge in [0.25, 0.3) is 0 Å². The van der Waals surface area contributed by atoms with Gasteiger partial charge in [-0.25, -0.2) is 0 Å². The number of hydrogen-bond donors (Lipinski definition) is 4. The van der Waals surface area contributed by atoms with Crippen LogP contribution in [0.25, 0.3) is 0 Å². The summed E-state index contributed by atoms with van der Waals surface area (Å²) in [5.41, 5.74) is 5.93. The second kappa shape index (κ2) is 9.67. The topological polar surface area (TPSA) is 98.8 Å². The number of piperidine rings is 2. The summed E-state index contributed by atoms with van der Waals surface area (Å²) in [6.45, 7) is 3.40. The van der Waals surface area contributed by atoms with Crippen LogP contribution in [0.5, 0.6) is 0 Å². The van der Waals surface area contributed by atoms with Crippen molar-refractivity contribution in [3.05, 3.63) is 0 Å². The normalized spacial score (nSPS) is 39.1. The molecule has 4 rings (SSSR count). The molecule has 2 saturated carbocycles. The van der Waals surface area contributed by atoms with E-state index in [0.717, 1.165) is 76.5 Å². The maximum atomic E-state index is 13.4. The van der Waals surface area contributed by atoms with Crippen molar-refractivity contribution in [3.8, 4) is 0 Å². The van der Waals surface area contributed by atoms with E-state index in [0.29, 0.717) is 11.8 Å². The first-order valence-electron chi connectivity index (χ1n) is 12.2. The Labute approximate surface area is 176 Å². The molecule has 2 saturated heterocycles. The summed E-state index contributed by atoms with van der Waals surface area (Å²) in [6, 6.07) is -0.242. The van der Waals surface area contributed by atoms with Gasteiger partial charge in [-0.1, -0.05) is 32.1 Å². The summed E-state index contributed by atoms with van der Waals surface area (Å²) in [5.74, 6) is 2.76. The average Bonchev–Trinajstić information content (AvgIpc) is 2.77. The van der Waals surface area contributed by atoms with Crippen LogP contribution in [0.1, 0.15) is 64.2 Å². The molecule has 0 spiro atoms. The van der Waals surface area contributed by atoms with Gasteiger partial charge in [-0.3, -0.25) is 4.79 Å². The predicted molar refractivity (Wildman–Crippen MR) is 115 cm³/mol. The van der Waals surface area contributed by atoms with E-state index in [2.05, 4.69) is 10.2 Å². The van der Waals surface area contributed by atoms with Gasteiger partial charge in [-0.05, 0) is 80.6 Å². The fraction of sp³-hybridized carbons (Fsp3) is 0.955. The number of rotatable bonds is 4. The molecule has 164 valence electrons. The molecule has 6 atom stereocenters. The van der Waals surface area contributed by atoms with E-state index in [1.165, 1.54) is 25.7 Å². The van der Waals surface area contributed by atoms with Crippen molar-refractivity contribution < 1.29 is 14.8 Å². The van der Waals surface area contributed by atoms with Gasteiger partial charge in [0.2, 0.25) is 5.91 Å². The van der Waals surface area contributed by atoms with E-state index < -0.39 is 7.12 Å². The van der Waals surface area contributed by atoms with E-state index in [4.69, 9.17) is 5.73 Å². The van der Waals surface area contributed by atoms with Crippen LogP contribution in [0, 0.1) is 29.6 Å². The lowest BCUT2D eigenvalue weighted by Gasteiger charge is -2.47. The summed E-state index contributed by atoms with van der Waals surface area (Å²) < 4.78 is 0. The zero-order valence-corrected chi connectivity index (χ0v) is 17.8. The second-order valence-corrected chi connectivity index (χ2v) is 10.3. The smallest absolute Gasteiger partial charge is 0.427 e. The van der Waals surface area contributed by atoms with Gasteiger partial charge in [-0.15, -0.1) is 0 Å². The Hall–Kier alpha value is -0.625. The Morgan fingerprint density at radius 1 is 0.966 bits per heavy atom. The summed E-state index contributed by atoms with van der Waals surface area (Å²) in [5, 5.41) is 23.3. The molecule has 0 aromatic carbocycles. The van der Waals surface area contributed by atoms with Crippen LogP contribution < -0.4 is 11.1 Å². The zero-order chi connectivity index (χ0) is 20.4. The molecule has 6 unspecified atom stereocenters. The molecule has 5 N–H and O–H groups in total. The Balaban J connectivity index is 1.36. The van der Waals surface area contributed by atoms with Crippen LogP contribution in [0.3, 0.4) is 0 Å². The first-order valence-corrected chi connectivity index (χ1v) is 12.2. The predicted octanol–water partition coefficient (Wildman–Crippen LogP) is 1.61. The van der Waals surface area contributed by atoms with E-state index in [1.54, 1.807) is 0 Å². The zero-order valence-electron chi connectivity index (χ0n) is 17.8. The molecular formula is C22H40BN3O3. The van der Waals surface area contributed by atoms with Crippen molar-refractivity contribution in [3.63, 3.8) is 0 Å². The lowest BCUT2D eigenvalue weighted by atomic mass is 9.53. The third kappa shape index (κ3) is 4.68. The average molecular weight is 405 g/mol. The van der Waals surface area contributed by atoms with Crippen molar-refractivity contribution in [1.29, 1.82) is 0 Å². The molecule has 2 aliphatic carbocycles. The van der Waals surface area contributed by atoms with Gasteiger partial charge in [0, 0.05) is 13.1 Å². The third-order valence-corrected chi connectivity index (χ3v) is 8.74. The Morgan fingerprint density at radius 3 is 2.41 bits per heavy atom. The van der Waals surface area contributed by atoms with Crippen LogP contribution in [-0.2, 0) is 4.79 Å². The Morgan fingerprint density at radius 2 is 1.69 bits per heavy atom. The Bertz CT molecular complexity index is 553. The molecule has 6 nitrogen and oxygen atoms in total. The van der Waals surface area contributed by atoms with Gasteiger partial charge in [0.15, 0.2) is 0 Å². The highest BCUT2D eigenvalue weighted by Gasteiger charge is 2.48. The first kappa shape index (κ1) is 21.6. The minimum absolute atomic E-state index is 0.0615. The standard InChI is InChI=1S/C22H40BN3O3/c24-14-15-3-1-5-18(13-15)16-8-11-26(12-9-16)22(27)21-20-17(7-10-25-21)4-2-6-19(20)23(28)29/h15-21,25,28-29H,1-14,24H2. The van der Waals surface area contributed by atoms with E-state index >= 15 is 0 Å². The van der Waals surface area contributed by atoms with Crippen molar-refractivity contribution in [2.75, 3.05) is 26.2 Å². The molecule has 0 bridgehead atoms. The number of nitrogens with zero attached hydrogens (tertiary/aromatic N) is 1. The third-order valence-electron chi connectivity index (χ3n) is 8.74. The quantitative estimate of drug-likeness (QED) is 0.533. The van der Waals surface area contributed by atoms with Gasteiger partial charge in [-0.2, -0.15) is 0 Å². The SMILES string of the molecule is NCC1CCCC(C2CCN(C(=O)C3NCCC4CCCC(B(O)O)C43)CC2)C1.